The second kappa shape index (κ2) is 6.22. The molecule has 0 saturated heterocycles. The average molecular weight is 285 g/mol. The van der Waals surface area contributed by atoms with Crippen LogP contribution in [0.5, 0.6) is 0 Å². The van der Waals surface area contributed by atoms with Crippen molar-refractivity contribution >= 4 is 16.6 Å². The minimum Gasteiger partial charge on any atom is -0.308 e. The van der Waals surface area contributed by atoms with Gasteiger partial charge in [0.25, 0.3) is 0 Å². The van der Waals surface area contributed by atoms with Gasteiger partial charge >= 0.3 is 0 Å². The van der Waals surface area contributed by atoms with Gasteiger partial charge in [0.15, 0.2) is 0 Å². The van der Waals surface area contributed by atoms with Crippen molar-refractivity contribution in [3.05, 3.63) is 47.8 Å². The molecule has 1 saturated carbocycles. The predicted molar refractivity (Wildman–Crippen MR) is 84.6 cm³/mol. The fourth-order valence-corrected chi connectivity index (χ4v) is 3.05. The Balaban J connectivity index is 2.04. The molecular formula is C17H20FN3. The molecule has 1 fully saturated rings. The standard InChI is InChI=1S/C17H20FN3/c18-16-11-10-15(13-8-4-5-9-14(13)16)17(21-19)20-12-6-2-1-3-7-12/h4-5,8-12H,1-3,6-7,19H2,(H,20,21). The number of hydrogen-bond donors (Lipinski definition) is 2. The van der Waals surface area contributed by atoms with E-state index in [0.29, 0.717) is 17.3 Å². The Kier molecular flexibility index (Phi) is 4.15. The van der Waals surface area contributed by atoms with Crippen LogP contribution in [0.1, 0.15) is 37.7 Å². The maximum absolute atomic E-state index is 13.9. The number of halogens is 1. The van der Waals surface area contributed by atoms with Crippen molar-refractivity contribution < 1.29 is 4.39 Å². The molecule has 0 heterocycles. The molecular weight excluding hydrogens is 265 g/mol. The molecule has 0 unspecified atom stereocenters. The van der Waals surface area contributed by atoms with Crippen LogP contribution in [-0.2, 0) is 0 Å². The van der Waals surface area contributed by atoms with Crippen LogP contribution in [0.25, 0.3) is 10.8 Å². The third-order valence-corrected chi connectivity index (χ3v) is 4.15. The molecule has 0 amide bonds. The predicted octanol–water partition coefficient (Wildman–Crippen LogP) is 3.52. The van der Waals surface area contributed by atoms with Crippen molar-refractivity contribution in [1.29, 1.82) is 0 Å². The van der Waals surface area contributed by atoms with E-state index >= 15 is 0 Å². The summed E-state index contributed by atoms with van der Waals surface area (Å²) in [7, 11) is 0. The average Bonchev–Trinajstić information content (AvgIpc) is 2.55. The topological polar surface area (TPSA) is 50.4 Å². The van der Waals surface area contributed by atoms with E-state index in [1.807, 2.05) is 18.2 Å². The molecule has 1 aliphatic rings. The monoisotopic (exact) mass is 285 g/mol. The number of benzene rings is 2. The summed E-state index contributed by atoms with van der Waals surface area (Å²) in [6.07, 6.45) is 5.93. The molecule has 3 N–H and O–H groups in total. The first kappa shape index (κ1) is 14.0. The Hall–Kier alpha value is -1.94. The fourth-order valence-electron chi connectivity index (χ4n) is 3.05. The minimum atomic E-state index is -0.219. The lowest BCUT2D eigenvalue weighted by Crippen LogP contribution is -2.33. The van der Waals surface area contributed by atoms with Gasteiger partial charge in [-0.3, -0.25) is 4.99 Å². The molecule has 2 aromatic carbocycles. The summed E-state index contributed by atoms with van der Waals surface area (Å²) in [5, 5.41) is 1.44. The van der Waals surface area contributed by atoms with Gasteiger partial charge in [-0.15, -0.1) is 0 Å². The second-order valence-electron chi connectivity index (χ2n) is 5.55. The van der Waals surface area contributed by atoms with E-state index < -0.39 is 0 Å². The van der Waals surface area contributed by atoms with Crippen LogP contribution < -0.4 is 11.3 Å². The number of nitrogens with one attached hydrogen (secondary N) is 1. The molecule has 0 aromatic heterocycles. The molecule has 3 nitrogen and oxygen atoms in total. The maximum Gasteiger partial charge on any atom is 0.143 e. The first-order chi connectivity index (χ1) is 10.3. The lowest BCUT2D eigenvalue weighted by Gasteiger charge is -2.19. The first-order valence-electron chi connectivity index (χ1n) is 7.51. The third kappa shape index (κ3) is 2.90. The number of nitrogens with zero attached hydrogens (tertiary/aromatic N) is 1. The van der Waals surface area contributed by atoms with Crippen molar-refractivity contribution in [2.75, 3.05) is 0 Å². The van der Waals surface area contributed by atoms with E-state index in [1.54, 1.807) is 12.1 Å². The molecule has 4 heteroatoms. The van der Waals surface area contributed by atoms with Crippen LogP contribution in [0.2, 0.25) is 0 Å². The summed E-state index contributed by atoms with van der Waals surface area (Å²) in [5.74, 6) is 6.11. The van der Waals surface area contributed by atoms with Gasteiger partial charge in [-0.25, -0.2) is 10.2 Å². The van der Waals surface area contributed by atoms with Gasteiger partial charge in [0.05, 0.1) is 6.04 Å². The van der Waals surface area contributed by atoms with E-state index in [1.165, 1.54) is 25.3 Å². The Bertz CT molecular complexity index is 660. The van der Waals surface area contributed by atoms with Crippen LogP contribution in [-0.4, -0.2) is 11.9 Å². The Morgan fingerprint density at radius 2 is 1.76 bits per heavy atom. The maximum atomic E-state index is 13.9. The zero-order chi connectivity index (χ0) is 14.7. The number of fused-ring (bicyclic) bond motifs is 1. The van der Waals surface area contributed by atoms with E-state index in [4.69, 9.17) is 10.8 Å². The van der Waals surface area contributed by atoms with Gasteiger partial charge in [-0.1, -0.05) is 43.5 Å². The number of nitrogens with two attached hydrogens (primary N) is 1. The highest BCUT2D eigenvalue weighted by molar-refractivity contribution is 6.09. The quantitative estimate of drug-likeness (QED) is 0.384. The molecule has 0 aliphatic heterocycles. The third-order valence-electron chi connectivity index (χ3n) is 4.15. The summed E-state index contributed by atoms with van der Waals surface area (Å²) in [4.78, 5) is 4.76. The Labute approximate surface area is 124 Å². The normalized spacial score (nSPS) is 17.1. The molecule has 0 bridgehead atoms. The first-order valence-corrected chi connectivity index (χ1v) is 7.51. The van der Waals surface area contributed by atoms with Crippen LogP contribution in [0.15, 0.2) is 41.4 Å². The van der Waals surface area contributed by atoms with Crippen molar-refractivity contribution in [1.82, 2.24) is 5.43 Å². The van der Waals surface area contributed by atoms with Crippen LogP contribution in [0, 0.1) is 5.82 Å². The van der Waals surface area contributed by atoms with Gasteiger partial charge in [0.2, 0.25) is 0 Å². The van der Waals surface area contributed by atoms with Gasteiger partial charge in [-0.05, 0) is 30.4 Å². The summed E-state index contributed by atoms with van der Waals surface area (Å²) < 4.78 is 13.9. The number of rotatable bonds is 2. The highest BCUT2D eigenvalue weighted by Crippen LogP contribution is 2.24. The zero-order valence-electron chi connectivity index (χ0n) is 12.0. The SMILES string of the molecule is NNC(=NC1CCCCC1)c1ccc(F)c2ccccc12. The van der Waals surface area contributed by atoms with E-state index in [2.05, 4.69) is 5.43 Å². The largest absolute Gasteiger partial charge is 0.308 e. The molecule has 1 aliphatic carbocycles. The lowest BCUT2D eigenvalue weighted by molar-refractivity contribution is 0.442. The Morgan fingerprint density at radius 1 is 1.05 bits per heavy atom. The van der Waals surface area contributed by atoms with Crippen molar-refractivity contribution in [2.45, 2.75) is 38.1 Å². The lowest BCUT2D eigenvalue weighted by atomic mass is 9.95. The summed E-state index contributed by atoms with van der Waals surface area (Å²) in [6.45, 7) is 0. The summed E-state index contributed by atoms with van der Waals surface area (Å²) in [5.41, 5.74) is 3.57. The molecule has 110 valence electrons. The summed E-state index contributed by atoms with van der Waals surface area (Å²) in [6, 6.07) is 11.0. The van der Waals surface area contributed by atoms with Crippen molar-refractivity contribution in [2.24, 2.45) is 10.8 Å². The van der Waals surface area contributed by atoms with Gasteiger partial charge in [0.1, 0.15) is 11.7 Å². The summed E-state index contributed by atoms with van der Waals surface area (Å²) >= 11 is 0. The fraction of sp³-hybridized carbons (Fsp3) is 0.353. The molecule has 3 rings (SSSR count). The number of hydrazine groups is 1. The number of aliphatic imine (C=N–C) groups is 1. The number of hydrogen-bond acceptors (Lipinski definition) is 2. The van der Waals surface area contributed by atoms with Crippen LogP contribution in [0.3, 0.4) is 0 Å². The second-order valence-corrected chi connectivity index (χ2v) is 5.55. The van der Waals surface area contributed by atoms with Gasteiger partial charge in [-0.2, -0.15) is 0 Å². The molecule has 0 radical (unpaired) electrons. The van der Waals surface area contributed by atoms with E-state index in [9.17, 15) is 4.39 Å². The molecule has 21 heavy (non-hydrogen) atoms. The van der Waals surface area contributed by atoms with E-state index in [-0.39, 0.29) is 5.82 Å². The van der Waals surface area contributed by atoms with Crippen LogP contribution >= 0.6 is 0 Å². The molecule has 2 aromatic rings. The number of amidine groups is 1. The highest BCUT2D eigenvalue weighted by atomic mass is 19.1. The van der Waals surface area contributed by atoms with Gasteiger partial charge in [0, 0.05) is 10.9 Å². The Morgan fingerprint density at radius 3 is 2.48 bits per heavy atom. The highest BCUT2D eigenvalue weighted by Gasteiger charge is 2.15. The molecule has 0 atom stereocenters. The smallest absolute Gasteiger partial charge is 0.143 e. The van der Waals surface area contributed by atoms with Crippen molar-refractivity contribution in [3.63, 3.8) is 0 Å². The minimum absolute atomic E-state index is 0.219. The van der Waals surface area contributed by atoms with Gasteiger partial charge < -0.3 is 5.43 Å². The van der Waals surface area contributed by atoms with Crippen molar-refractivity contribution in [3.8, 4) is 0 Å². The molecule has 0 spiro atoms. The van der Waals surface area contributed by atoms with Crippen LogP contribution in [0.4, 0.5) is 4.39 Å². The zero-order valence-corrected chi connectivity index (χ0v) is 12.0. The van der Waals surface area contributed by atoms with E-state index in [0.717, 1.165) is 23.8 Å².